The summed E-state index contributed by atoms with van der Waals surface area (Å²) in [6.07, 6.45) is 7.80. The standard InChI is InChI=1S/C27H28FN7O2/c1-4-16-21(15-9-33-35(3)12-15)22(16)26(36)34-20-8-14-7-17(23(28)24(29)19(14)11-31-20)18-10-32-27-25(13(18)2)30-5-6-37-27/h7-12,16,21-22,30H,4-6,29H2,1-3H3,(H,31,34,36)/t16-,21-,22-/m0/s1. The summed E-state index contributed by atoms with van der Waals surface area (Å²) in [5.41, 5.74) is 9.81. The van der Waals surface area contributed by atoms with Crippen molar-refractivity contribution in [3.63, 3.8) is 0 Å². The zero-order chi connectivity index (χ0) is 25.8. The van der Waals surface area contributed by atoms with Crippen LogP contribution in [0.15, 0.2) is 36.9 Å². The maximum Gasteiger partial charge on any atom is 0.237 e. The molecule has 0 unspecified atom stereocenters. The molecule has 3 atom stereocenters. The number of aromatic nitrogens is 4. The second-order valence-corrected chi connectivity index (χ2v) is 9.75. The van der Waals surface area contributed by atoms with Crippen molar-refractivity contribution in [3.05, 3.63) is 53.9 Å². The average Bonchev–Trinajstić information content (AvgIpc) is 3.49. The number of anilines is 3. The average molecular weight is 502 g/mol. The Morgan fingerprint density at radius 1 is 1.27 bits per heavy atom. The molecule has 37 heavy (non-hydrogen) atoms. The predicted molar refractivity (Wildman–Crippen MR) is 140 cm³/mol. The van der Waals surface area contributed by atoms with Crippen LogP contribution in [0.4, 0.5) is 21.6 Å². The zero-order valence-electron chi connectivity index (χ0n) is 20.9. The van der Waals surface area contributed by atoms with Gasteiger partial charge in [-0.2, -0.15) is 5.10 Å². The van der Waals surface area contributed by atoms with Crippen molar-refractivity contribution >= 4 is 33.9 Å². The number of aryl methyl sites for hydroxylation is 1. The van der Waals surface area contributed by atoms with Crippen molar-refractivity contribution in [1.29, 1.82) is 0 Å². The normalized spacial score (nSPS) is 20.2. The summed E-state index contributed by atoms with van der Waals surface area (Å²) in [5, 5.41) is 11.6. The number of benzene rings is 1. The van der Waals surface area contributed by atoms with Gasteiger partial charge in [-0.3, -0.25) is 9.48 Å². The van der Waals surface area contributed by atoms with Crippen LogP contribution in [0.2, 0.25) is 0 Å². The molecule has 1 fully saturated rings. The molecule has 1 saturated carbocycles. The fourth-order valence-corrected chi connectivity index (χ4v) is 5.57. The molecule has 4 aromatic rings. The van der Waals surface area contributed by atoms with E-state index in [0.717, 1.165) is 23.2 Å². The topological polar surface area (TPSA) is 120 Å². The Kier molecular flexibility index (Phi) is 5.47. The highest BCUT2D eigenvalue weighted by Gasteiger charge is 2.54. The maximum absolute atomic E-state index is 15.4. The molecule has 9 nitrogen and oxygen atoms in total. The van der Waals surface area contributed by atoms with Crippen LogP contribution in [-0.4, -0.2) is 38.8 Å². The van der Waals surface area contributed by atoms with Crippen LogP contribution in [0.25, 0.3) is 21.9 Å². The molecule has 1 aliphatic heterocycles. The van der Waals surface area contributed by atoms with Gasteiger partial charge in [0.25, 0.3) is 0 Å². The summed E-state index contributed by atoms with van der Waals surface area (Å²) in [4.78, 5) is 21.9. The molecule has 2 aliphatic rings. The van der Waals surface area contributed by atoms with Gasteiger partial charge in [0.2, 0.25) is 11.8 Å². The van der Waals surface area contributed by atoms with Crippen LogP contribution < -0.4 is 21.1 Å². The van der Waals surface area contributed by atoms with Crippen LogP contribution in [0.3, 0.4) is 0 Å². The molecule has 0 bridgehead atoms. The molecule has 1 amide bonds. The van der Waals surface area contributed by atoms with Crippen molar-refractivity contribution in [2.45, 2.75) is 26.2 Å². The van der Waals surface area contributed by atoms with Gasteiger partial charge in [0.1, 0.15) is 18.1 Å². The third-order valence-corrected chi connectivity index (χ3v) is 7.54. The van der Waals surface area contributed by atoms with E-state index in [4.69, 9.17) is 10.5 Å². The molecule has 0 spiro atoms. The number of carbonyl (C=O) groups is 1. The third-order valence-electron chi connectivity index (χ3n) is 7.54. The Balaban J connectivity index is 1.32. The van der Waals surface area contributed by atoms with Gasteiger partial charge in [-0.05, 0) is 41.5 Å². The number of carbonyl (C=O) groups excluding carboxylic acids is 1. The number of ether oxygens (including phenoxy) is 1. The minimum atomic E-state index is -0.532. The fourth-order valence-electron chi connectivity index (χ4n) is 5.57. The van der Waals surface area contributed by atoms with E-state index in [1.807, 2.05) is 26.4 Å². The highest BCUT2D eigenvalue weighted by molar-refractivity contribution is 6.01. The van der Waals surface area contributed by atoms with Crippen LogP contribution in [0, 0.1) is 24.6 Å². The van der Waals surface area contributed by atoms with Crippen molar-refractivity contribution in [2.75, 3.05) is 29.5 Å². The summed E-state index contributed by atoms with van der Waals surface area (Å²) in [6, 6.07) is 3.46. The number of amides is 1. The predicted octanol–water partition coefficient (Wildman–Crippen LogP) is 4.24. The molecule has 0 radical (unpaired) electrons. The number of halogens is 1. The van der Waals surface area contributed by atoms with Gasteiger partial charge in [-0.25, -0.2) is 14.4 Å². The number of rotatable bonds is 5. The number of nitrogen functional groups attached to an aromatic ring is 1. The van der Waals surface area contributed by atoms with Gasteiger partial charge in [0, 0.05) is 60.5 Å². The Morgan fingerprint density at radius 3 is 2.86 bits per heavy atom. The molecule has 10 heteroatoms. The number of nitrogens with one attached hydrogen (secondary N) is 2. The first-order chi connectivity index (χ1) is 17.9. The van der Waals surface area contributed by atoms with E-state index >= 15 is 4.39 Å². The van der Waals surface area contributed by atoms with Crippen molar-refractivity contribution in [2.24, 2.45) is 18.9 Å². The number of fused-ring (bicyclic) bond motifs is 2. The minimum Gasteiger partial charge on any atom is -0.474 e. The minimum absolute atomic E-state index is 0.00379. The molecule has 1 aromatic carbocycles. The molecule has 6 rings (SSSR count). The van der Waals surface area contributed by atoms with E-state index in [0.29, 0.717) is 46.7 Å². The van der Waals surface area contributed by atoms with Crippen molar-refractivity contribution in [3.8, 4) is 17.0 Å². The van der Waals surface area contributed by atoms with E-state index in [-0.39, 0.29) is 29.3 Å². The summed E-state index contributed by atoms with van der Waals surface area (Å²) in [6.45, 7) is 5.17. The van der Waals surface area contributed by atoms with Gasteiger partial charge < -0.3 is 21.1 Å². The summed E-state index contributed by atoms with van der Waals surface area (Å²) < 4.78 is 22.8. The number of hydrogen-bond donors (Lipinski definition) is 3. The smallest absolute Gasteiger partial charge is 0.237 e. The molecule has 4 N–H and O–H groups in total. The quantitative estimate of drug-likeness (QED) is 0.350. The largest absolute Gasteiger partial charge is 0.474 e. The van der Waals surface area contributed by atoms with E-state index < -0.39 is 5.82 Å². The lowest BCUT2D eigenvalue weighted by atomic mass is 9.97. The molecule has 3 aromatic heterocycles. The molecule has 190 valence electrons. The van der Waals surface area contributed by atoms with E-state index in [1.165, 1.54) is 6.20 Å². The molecular weight excluding hydrogens is 473 g/mol. The van der Waals surface area contributed by atoms with Crippen molar-refractivity contribution in [1.82, 2.24) is 19.7 Å². The van der Waals surface area contributed by atoms with Gasteiger partial charge >= 0.3 is 0 Å². The Labute approximate surface area is 213 Å². The fraction of sp³-hybridized carbons (Fsp3) is 0.333. The summed E-state index contributed by atoms with van der Waals surface area (Å²) in [7, 11) is 1.87. The number of hydrogen-bond acceptors (Lipinski definition) is 7. The van der Waals surface area contributed by atoms with Gasteiger partial charge in [0.15, 0.2) is 5.82 Å². The Morgan fingerprint density at radius 2 is 2.11 bits per heavy atom. The molecule has 0 saturated heterocycles. The second kappa shape index (κ2) is 8.72. The van der Waals surface area contributed by atoms with E-state index in [9.17, 15) is 4.79 Å². The van der Waals surface area contributed by atoms with Gasteiger partial charge in [0.05, 0.1) is 11.9 Å². The number of pyridine rings is 2. The maximum atomic E-state index is 15.4. The molecular formula is C27H28FN7O2. The lowest BCUT2D eigenvalue weighted by molar-refractivity contribution is -0.117. The highest BCUT2D eigenvalue weighted by atomic mass is 19.1. The Bertz CT molecular complexity index is 1550. The molecule has 1 aliphatic carbocycles. The van der Waals surface area contributed by atoms with Crippen LogP contribution in [0.5, 0.6) is 5.88 Å². The second-order valence-electron chi connectivity index (χ2n) is 9.75. The highest BCUT2D eigenvalue weighted by Crippen LogP contribution is 2.56. The monoisotopic (exact) mass is 501 g/mol. The lowest BCUT2D eigenvalue weighted by Gasteiger charge is -2.22. The van der Waals surface area contributed by atoms with Crippen LogP contribution in [-0.2, 0) is 11.8 Å². The third kappa shape index (κ3) is 3.83. The first kappa shape index (κ1) is 23.2. The zero-order valence-corrected chi connectivity index (χ0v) is 20.9. The Hall–Kier alpha value is -4.21. The van der Waals surface area contributed by atoms with Crippen LogP contribution in [0.1, 0.15) is 30.4 Å². The molecule has 4 heterocycles. The SMILES string of the molecule is CC[C@@H]1[C@H](C(=O)Nc2cc3cc(-c4cnc5c(c4C)NCCO5)c(F)c(N)c3cn2)[C@H]1c1cnn(C)c1. The van der Waals surface area contributed by atoms with Gasteiger partial charge in [-0.15, -0.1) is 0 Å². The summed E-state index contributed by atoms with van der Waals surface area (Å²) in [5.74, 6) is 0.562. The van der Waals surface area contributed by atoms with Crippen LogP contribution >= 0.6 is 0 Å². The summed E-state index contributed by atoms with van der Waals surface area (Å²) >= 11 is 0. The lowest BCUT2D eigenvalue weighted by Crippen LogP contribution is -2.20. The number of nitrogens with two attached hydrogens (primary N) is 1. The first-order valence-corrected chi connectivity index (χ1v) is 12.4. The van der Waals surface area contributed by atoms with Crippen molar-refractivity contribution < 1.29 is 13.9 Å². The number of nitrogens with zero attached hydrogens (tertiary/aromatic N) is 4. The van der Waals surface area contributed by atoms with E-state index in [2.05, 4.69) is 32.6 Å². The first-order valence-electron chi connectivity index (χ1n) is 12.4. The van der Waals surface area contributed by atoms with Gasteiger partial charge in [-0.1, -0.05) is 13.3 Å². The van der Waals surface area contributed by atoms with E-state index in [1.54, 1.807) is 23.0 Å².